The standard InChI is InChI=1S/C15H13Cl2NO2/c1-9(13-6-5-11(16)8-14(13)17)18-15(20)10-3-2-4-12(19)7-10/h2-9,19H,1H3,(H,18,20). The summed E-state index contributed by atoms with van der Waals surface area (Å²) < 4.78 is 0. The first-order chi connectivity index (χ1) is 9.47. The highest BCUT2D eigenvalue weighted by molar-refractivity contribution is 6.35. The zero-order valence-corrected chi connectivity index (χ0v) is 12.2. The molecule has 2 aromatic carbocycles. The first kappa shape index (κ1) is 14.7. The molecule has 0 aliphatic heterocycles. The van der Waals surface area contributed by atoms with Crippen molar-refractivity contribution in [1.82, 2.24) is 5.32 Å². The Morgan fingerprint density at radius 3 is 2.60 bits per heavy atom. The van der Waals surface area contributed by atoms with E-state index in [1.165, 1.54) is 12.1 Å². The van der Waals surface area contributed by atoms with Crippen LogP contribution in [0.15, 0.2) is 42.5 Å². The number of rotatable bonds is 3. The molecule has 0 fully saturated rings. The molecule has 3 nitrogen and oxygen atoms in total. The number of hydrogen-bond acceptors (Lipinski definition) is 2. The van der Waals surface area contributed by atoms with Gasteiger partial charge in [-0.2, -0.15) is 0 Å². The van der Waals surface area contributed by atoms with Gasteiger partial charge in [0, 0.05) is 15.6 Å². The van der Waals surface area contributed by atoms with Crippen LogP contribution in [0.25, 0.3) is 0 Å². The van der Waals surface area contributed by atoms with Crippen molar-refractivity contribution in [3.8, 4) is 5.75 Å². The summed E-state index contributed by atoms with van der Waals surface area (Å²) in [7, 11) is 0. The Kier molecular flexibility index (Phi) is 4.53. The Balaban J connectivity index is 2.15. The highest BCUT2D eigenvalue weighted by Gasteiger charge is 2.14. The normalized spacial score (nSPS) is 11.9. The van der Waals surface area contributed by atoms with Crippen LogP contribution in [-0.4, -0.2) is 11.0 Å². The van der Waals surface area contributed by atoms with Crippen molar-refractivity contribution in [2.75, 3.05) is 0 Å². The Labute approximate surface area is 127 Å². The summed E-state index contributed by atoms with van der Waals surface area (Å²) in [6, 6.07) is 11.0. The lowest BCUT2D eigenvalue weighted by atomic mass is 10.1. The Bertz CT molecular complexity index is 644. The molecule has 1 amide bonds. The lowest BCUT2D eigenvalue weighted by Crippen LogP contribution is -2.26. The summed E-state index contributed by atoms with van der Waals surface area (Å²) in [5.41, 5.74) is 1.17. The van der Waals surface area contributed by atoms with E-state index in [4.69, 9.17) is 23.2 Å². The van der Waals surface area contributed by atoms with Crippen molar-refractivity contribution >= 4 is 29.1 Å². The minimum atomic E-state index is -0.278. The Hall–Kier alpha value is -1.71. The SMILES string of the molecule is CC(NC(=O)c1cccc(O)c1)c1ccc(Cl)cc1Cl. The Morgan fingerprint density at radius 2 is 1.95 bits per heavy atom. The van der Waals surface area contributed by atoms with E-state index in [9.17, 15) is 9.90 Å². The minimum absolute atomic E-state index is 0.0508. The number of phenolic OH excluding ortho intramolecular Hbond substituents is 1. The maximum Gasteiger partial charge on any atom is 0.251 e. The topological polar surface area (TPSA) is 49.3 Å². The molecular weight excluding hydrogens is 297 g/mol. The van der Waals surface area contributed by atoms with Crippen molar-refractivity contribution in [3.05, 3.63) is 63.6 Å². The third kappa shape index (κ3) is 3.44. The number of carbonyl (C=O) groups is 1. The maximum absolute atomic E-state index is 12.1. The zero-order chi connectivity index (χ0) is 14.7. The molecule has 2 N–H and O–H groups in total. The fraction of sp³-hybridized carbons (Fsp3) is 0.133. The van der Waals surface area contributed by atoms with E-state index in [0.29, 0.717) is 15.6 Å². The van der Waals surface area contributed by atoms with Crippen molar-refractivity contribution in [2.45, 2.75) is 13.0 Å². The lowest BCUT2D eigenvalue weighted by Gasteiger charge is -2.16. The van der Waals surface area contributed by atoms with E-state index in [0.717, 1.165) is 5.56 Å². The quantitative estimate of drug-likeness (QED) is 0.893. The maximum atomic E-state index is 12.1. The number of halogens is 2. The van der Waals surface area contributed by atoms with E-state index in [1.807, 2.05) is 6.92 Å². The molecule has 104 valence electrons. The van der Waals surface area contributed by atoms with Gasteiger partial charge in [-0.1, -0.05) is 35.3 Å². The van der Waals surface area contributed by atoms with Crippen LogP contribution in [0.2, 0.25) is 10.0 Å². The molecule has 20 heavy (non-hydrogen) atoms. The smallest absolute Gasteiger partial charge is 0.251 e. The predicted octanol–water partition coefficient (Wildman–Crippen LogP) is 4.19. The highest BCUT2D eigenvalue weighted by atomic mass is 35.5. The molecule has 5 heteroatoms. The van der Waals surface area contributed by atoms with Crippen LogP contribution >= 0.6 is 23.2 Å². The van der Waals surface area contributed by atoms with Gasteiger partial charge in [0.25, 0.3) is 5.91 Å². The van der Waals surface area contributed by atoms with E-state index in [2.05, 4.69) is 5.32 Å². The van der Waals surface area contributed by atoms with Gasteiger partial charge in [0.15, 0.2) is 0 Å². The third-order valence-electron chi connectivity index (χ3n) is 2.88. The number of benzene rings is 2. The van der Waals surface area contributed by atoms with Gasteiger partial charge in [-0.15, -0.1) is 0 Å². The van der Waals surface area contributed by atoms with Crippen LogP contribution in [-0.2, 0) is 0 Å². The van der Waals surface area contributed by atoms with Crippen LogP contribution in [0.4, 0.5) is 0 Å². The molecule has 0 aliphatic rings. The van der Waals surface area contributed by atoms with E-state index in [-0.39, 0.29) is 17.7 Å². The second kappa shape index (κ2) is 6.16. The fourth-order valence-electron chi connectivity index (χ4n) is 1.86. The molecule has 2 rings (SSSR count). The van der Waals surface area contributed by atoms with Crippen LogP contribution in [0.3, 0.4) is 0 Å². The second-order valence-corrected chi connectivity index (χ2v) is 5.25. The van der Waals surface area contributed by atoms with E-state index >= 15 is 0 Å². The summed E-state index contributed by atoms with van der Waals surface area (Å²) in [6.07, 6.45) is 0. The minimum Gasteiger partial charge on any atom is -0.508 e. The summed E-state index contributed by atoms with van der Waals surface area (Å²) in [5, 5.41) is 13.2. The van der Waals surface area contributed by atoms with Gasteiger partial charge in [0.1, 0.15) is 5.75 Å². The largest absolute Gasteiger partial charge is 0.508 e. The van der Waals surface area contributed by atoms with Crippen LogP contribution in [0.5, 0.6) is 5.75 Å². The molecular formula is C15H13Cl2NO2. The molecule has 0 heterocycles. The van der Waals surface area contributed by atoms with Gasteiger partial charge in [-0.05, 0) is 42.8 Å². The predicted molar refractivity (Wildman–Crippen MR) is 80.5 cm³/mol. The number of aromatic hydroxyl groups is 1. The molecule has 0 radical (unpaired) electrons. The highest BCUT2D eigenvalue weighted by Crippen LogP contribution is 2.26. The van der Waals surface area contributed by atoms with Gasteiger partial charge in [0.2, 0.25) is 0 Å². The molecule has 0 aliphatic carbocycles. The first-order valence-electron chi connectivity index (χ1n) is 6.02. The molecule has 1 unspecified atom stereocenters. The zero-order valence-electron chi connectivity index (χ0n) is 10.7. The van der Waals surface area contributed by atoms with Gasteiger partial charge >= 0.3 is 0 Å². The summed E-state index contributed by atoms with van der Waals surface area (Å²) >= 11 is 11.9. The third-order valence-corrected chi connectivity index (χ3v) is 3.45. The van der Waals surface area contributed by atoms with Crippen LogP contribution < -0.4 is 5.32 Å². The molecule has 0 bridgehead atoms. The second-order valence-electron chi connectivity index (χ2n) is 4.41. The number of carbonyl (C=O) groups excluding carboxylic acids is 1. The molecule has 1 atom stereocenters. The van der Waals surface area contributed by atoms with Crippen molar-refractivity contribution in [3.63, 3.8) is 0 Å². The molecule has 0 aromatic heterocycles. The summed E-state index contributed by atoms with van der Waals surface area (Å²) in [5.74, 6) is -0.228. The number of phenols is 1. The van der Waals surface area contributed by atoms with Crippen LogP contribution in [0, 0.1) is 0 Å². The average Bonchev–Trinajstić information content (AvgIpc) is 2.38. The number of amides is 1. The number of hydrogen-bond donors (Lipinski definition) is 2. The first-order valence-corrected chi connectivity index (χ1v) is 6.78. The molecule has 0 saturated heterocycles. The van der Waals surface area contributed by atoms with Crippen molar-refractivity contribution in [2.24, 2.45) is 0 Å². The monoisotopic (exact) mass is 309 g/mol. The molecule has 2 aromatic rings. The lowest BCUT2D eigenvalue weighted by molar-refractivity contribution is 0.0939. The average molecular weight is 310 g/mol. The summed E-state index contributed by atoms with van der Waals surface area (Å²) in [4.78, 5) is 12.1. The fourth-order valence-corrected chi connectivity index (χ4v) is 2.43. The number of nitrogens with one attached hydrogen (secondary N) is 1. The summed E-state index contributed by atoms with van der Waals surface area (Å²) in [6.45, 7) is 1.83. The molecule has 0 spiro atoms. The van der Waals surface area contributed by atoms with Gasteiger partial charge in [-0.25, -0.2) is 0 Å². The van der Waals surface area contributed by atoms with E-state index < -0.39 is 0 Å². The van der Waals surface area contributed by atoms with Crippen LogP contribution in [0.1, 0.15) is 28.9 Å². The Morgan fingerprint density at radius 1 is 1.20 bits per heavy atom. The molecule has 0 saturated carbocycles. The van der Waals surface area contributed by atoms with Crippen molar-refractivity contribution < 1.29 is 9.90 Å². The van der Waals surface area contributed by atoms with Gasteiger partial charge in [-0.3, -0.25) is 4.79 Å². The van der Waals surface area contributed by atoms with E-state index in [1.54, 1.807) is 30.3 Å². The van der Waals surface area contributed by atoms with Crippen molar-refractivity contribution in [1.29, 1.82) is 0 Å². The van der Waals surface area contributed by atoms with Gasteiger partial charge in [0.05, 0.1) is 6.04 Å². The van der Waals surface area contributed by atoms with Gasteiger partial charge < -0.3 is 10.4 Å².